The van der Waals surface area contributed by atoms with Crippen LogP contribution in [0.5, 0.6) is 0 Å². The highest BCUT2D eigenvalue weighted by Crippen LogP contribution is 2.40. The number of hydrogen-bond acceptors (Lipinski definition) is 3. The van der Waals surface area contributed by atoms with Gasteiger partial charge in [0.25, 0.3) is 0 Å². The summed E-state index contributed by atoms with van der Waals surface area (Å²) in [5.41, 5.74) is 0.710. The average Bonchev–Trinajstić information content (AvgIpc) is 2.70. The van der Waals surface area contributed by atoms with Crippen LogP contribution in [0.3, 0.4) is 0 Å². The van der Waals surface area contributed by atoms with E-state index in [1.807, 2.05) is 7.05 Å². The second-order valence-electron chi connectivity index (χ2n) is 6.13. The molecule has 0 spiro atoms. The fourth-order valence-electron chi connectivity index (χ4n) is 2.22. The van der Waals surface area contributed by atoms with Gasteiger partial charge < -0.3 is 14.1 Å². The summed E-state index contributed by atoms with van der Waals surface area (Å²) in [7, 11) is 7.49. The van der Waals surface area contributed by atoms with E-state index in [9.17, 15) is 0 Å². The van der Waals surface area contributed by atoms with Gasteiger partial charge in [-0.1, -0.05) is 6.08 Å². The zero-order chi connectivity index (χ0) is 12.8. The molecule has 1 fully saturated rings. The van der Waals surface area contributed by atoms with Gasteiger partial charge in [-0.2, -0.15) is 0 Å². The summed E-state index contributed by atoms with van der Waals surface area (Å²) in [5, 5.41) is 0. The van der Waals surface area contributed by atoms with Crippen molar-refractivity contribution in [1.82, 2.24) is 4.81 Å². The lowest BCUT2D eigenvalue weighted by Crippen LogP contribution is -2.41. The van der Waals surface area contributed by atoms with E-state index in [1.54, 1.807) is 4.81 Å². The zero-order valence-corrected chi connectivity index (χ0v) is 11.5. The van der Waals surface area contributed by atoms with Crippen LogP contribution < -0.4 is 0 Å². The van der Waals surface area contributed by atoms with Crippen LogP contribution in [0.4, 0.5) is 0 Å². The second-order valence-corrected chi connectivity index (χ2v) is 6.13. The van der Waals surface area contributed by atoms with Crippen molar-refractivity contribution in [2.24, 2.45) is 0 Å². The summed E-state index contributed by atoms with van der Waals surface area (Å²) >= 11 is 0. The number of nitrogens with zero attached hydrogens (tertiary/aromatic N) is 1. The predicted octanol–water partition coefficient (Wildman–Crippen LogP) is 1.72. The van der Waals surface area contributed by atoms with Crippen LogP contribution in [0.25, 0.3) is 0 Å². The minimum absolute atomic E-state index is 0.204. The van der Waals surface area contributed by atoms with Crippen LogP contribution >= 0.6 is 0 Å². The Labute approximate surface area is 106 Å². The van der Waals surface area contributed by atoms with Gasteiger partial charge in [-0.3, -0.25) is 0 Å². The van der Waals surface area contributed by atoms with E-state index in [0.717, 1.165) is 12.8 Å². The van der Waals surface area contributed by atoms with Crippen molar-refractivity contribution >= 4 is 15.1 Å². The molecule has 0 bridgehead atoms. The van der Waals surface area contributed by atoms with Gasteiger partial charge in [-0.05, 0) is 53.1 Å². The van der Waals surface area contributed by atoms with Crippen LogP contribution in [0.1, 0.15) is 40.5 Å². The molecular weight excluding hydrogens is 212 g/mol. The monoisotopic (exact) mass is 233 g/mol. The molecule has 1 saturated heterocycles. The van der Waals surface area contributed by atoms with Gasteiger partial charge in [0.15, 0.2) is 7.98 Å². The summed E-state index contributed by atoms with van der Waals surface area (Å²) in [6, 6.07) is 0.379. The van der Waals surface area contributed by atoms with Crippen molar-refractivity contribution in [3.05, 3.63) is 11.5 Å². The third kappa shape index (κ3) is 2.33. The molecule has 0 aromatic heterocycles. The first kappa shape index (κ1) is 13.2. The van der Waals surface area contributed by atoms with Gasteiger partial charge in [0.05, 0.1) is 11.2 Å². The lowest BCUT2D eigenvalue weighted by molar-refractivity contribution is 0.00578. The topological polar surface area (TPSA) is 21.7 Å². The Morgan fingerprint density at radius 1 is 1.29 bits per heavy atom. The fraction of sp³-hybridized carbons (Fsp3) is 0.833. The lowest BCUT2D eigenvalue weighted by atomic mass is 9.77. The van der Waals surface area contributed by atoms with Gasteiger partial charge in [-0.25, -0.2) is 0 Å². The van der Waals surface area contributed by atoms with Crippen LogP contribution in [0.15, 0.2) is 11.5 Å². The molecule has 1 atom stereocenters. The molecule has 1 aliphatic heterocycles. The molecule has 5 heteroatoms. The summed E-state index contributed by atoms with van der Waals surface area (Å²) in [6.07, 6.45) is 4.12. The Morgan fingerprint density at radius 2 is 1.82 bits per heavy atom. The molecule has 92 valence electrons. The fourth-order valence-corrected chi connectivity index (χ4v) is 2.22. The van der Waals surface area contributed by atoms with Crippen molar-refractivity contribution in [2.45, 2.75) is 57.8 Å². The highest BCUT2D eigenvalue weighted by Gasteiger charge is 2.52. The Kier molecular flexibility index (Phi) is 3.22. The molecule has 2 rings (SSSR count). The Bertz CT molecular complexity index is 323. The minimum atomic E-state index is -0.259. The summed E-state index contributed by atoms with van der Waals surface area (Å²) in [4.78, 5) is 1.77. The standard InChI is InChI=1S/C12H21B2NO2/c1-11(2)12(3,4)17-14(16-11)9-6-7-10(8-9)15(5)13/h6,10H,7-8H2,1-5H3. The smallest absolute Gasteiger partial charge is 0.400 e. The van der Waals surface area contributed by atoms with E-state index in [2.05, 4.69) is 33.8 Å². The molecule has 0 N–H and O–H groups in total. The van der Waals surface area contributed by atoms with E-state index in [0.29, 0.717) is 6.04 Å². The van der Waals surface area contributed by atoms with Crippen molar-refractivity contribution in [3.8, 4) is 0 Å². The highest BCUT2D eigenvalue weighted by molar-refractivity contribution is 6.54. The molecule has 3 nitrogen and oxygen atoms in total. The largest absolute Gasteiger partial charge is 0.490 e. The molecule has 2 radical (unpaired) electrons. The first-order valence-corrected chi connectivity index (χ1v) is 6.25. The Morgan fingerprint density at radius 3 is 2.24 bits per heavy atom. The van der Waals surface area contributed by atoms with Crippen molar-refractivity contribution in [1.29, 1.82) is 0 Å². The summed E-state index contributed by atoms with van der Waals surface area (Å²) in [6.45, 7) is 8.31. The zero-order valence-electron chi connectivity index (χ0n) is 11.5. The van der Waals surface area contributed by atoms with Crippen LogP contribution in [0, 0.1) is 0 Å². The number of hydrogen-bond donors (Lipinski definition) is 0. The normalized spacial score (nSPS) is 31.1. The van der Waals surface area contributed by atoms with E-state index >= 15 is 0 Å². The maximum Gasteiger partial charge on any atom is 0.490 e. The third-order valence-corrected chi connectivity index (χ3v) is 4.26. The van der Waals surface area contributed by atoms with E-state index in [4.69, 9.17) is 17.3 Å². The van der Waals surface area contributed by atoms with Crippen LogP contribution in [0.2, 0.25) is 0 Å². The van der Waals surface area contributed by atoms with Gasteiger partial charge in [0, 0.05) is 6.04 Å². The summed E-state index contributed by atoms with van der Waals surface area (Å²) < 4.78 is 12.1. The number of rotatable bonds is 2. The Balaban J connectivity index is 2.03. The first-order chi connectivity index (χ1) is 7.73. The molecule has 17 heavy (non-hydrogen) atoms. The molecule has 0 saturated carbocycles. The lowest BCUT2D eigenvalue weighted by Gasteiger charge is -2.32. The van der Waals surface area contributed by atoms with Gasteiger partial charge in [0.1, 0.15) is 0 Å². The first-order valence-electron chi connectivity index (χ1n) is 6.25. The van der Waals surface area contributed by atoms with E-state index in [1.165, 1.54) is 5.47 Å². The van der Waals surface area contributed by atoms with Gasteiger partial charge >= 0.3 is 7.12 Å². The van der Waals surface area contributed by atoms with Crippen molar-refractivity contribution in [2.75, 3.05) is 7.05 Å². The molecule has 0 aromatic carbocycles. The molecule has 1 heterocycles. The summed E-state index contributed by atoms with van der Waals surface area (Å²) in [5.74, 6) is 0. The molecule has 2 aliphatic rings. The highest BCUT2D eigenvalue weighted by atomic mass is 16.7. The van der Waals surface area contributed by atoms with Crippen molar-refractivity contribution in [3.63, 3.8) is 0 Å². The SMILES string of the molecule is [B]N(C)C1CC=C(B2OC(C)(C)C(C)(C)O2)C1. The second kappa shape index (κ2) is 4.15. The molecule has 1 unspecified atom stereocenters. The van der Waals surface area contributed by atoms with Gasteiger partial charge in [0.2, 0.25) is 0 Å². The van der Waals surface area contributed by atoms with Crippen LogP contribution in [-0.4, -0.2) is 44.2 Å². The van der Waals surface area contributed by atoms with E-state index < -0.39 is 0 Å². The van der Waals surface area contributed by atoms with E-state index in [-0.39, 0.29) is 18.3 Å². The third-order valence-electron chi connectivity index (χ3n) is 4.26. The average molecular weight is 233 g/mol. The maximum atomic E-state index is 6.03. The molecule has 0 amide bonds. The molecule has 1 aliphatic carbocycles. The van der Waals surface area contributed by atoms with Crippen LogP contribution in [-0.2, 0) is 9.31 Å². The maximum absolute atomic E-state index is 6.03. The van der Waals surface area contributed by atoms with Crippen molar-refractivity contribution < 1.29 is 9.31 Å². The molecule has 0 aromatic rings. The minimum Gasteiger partial charge on any atom is -0.400 e. The Hall–Kier alpha value is -0.250. The van der Waals surface area contributed by atoms with Gasteiger partial charge in [-0.15, -0.1) is 0 Å². The molecular formula is C12H21B2NO2. The predicted molar refractivity (Wildman–Crippen MR) is 70.7 cm³/mol. The quantitative estimate of drug-likeness (QED) is 0.677.